The van der Waals surface area contributed by atoms with Gasteiger partial charge >= 0.3 is 0 Å². The molecule has 0 aromatic carbocycles. The van der Waals surface area contributed by atoms with Gasteiger partial charge in [0.25, 0.3) is 0 Å². The van der Waals surface area contributed by atoms with Gasteiger partial charge in [-0.1, -0.05) is 6.92 Å². The number of aryl methyl sites for hydroxylation is 1. The average Bonchev–Trinajstić information content (AvgIpc) is 2.48. The van der Waals surface area contributed by atoms with E-state index in [4.69, 9.17) is 5.73 Å². The van der Waals surface area contributed by atoms with Crippen LogP contribution < -0.4 is 5.73 Å². The zero-order chi connectivity index (χ0) is 9.14. The fraction of sp³-hybridized carbons (Fsp3) is 0.625. The van der Waals surface area contributed by atoms with Crippen LogP contribution in [0, 0.1) is 0 Å². The molecule has 3 N–H and O–H groups in total. The molecule has 0 spiro atoms. The first-order chi connectivity index (χ1) is 5.66. The van der Waals surface area contributed by atoms with Crippen LogP contribution in [0.2, 0.25) is 0 Å². The lowest BCUT2D eigenvalue weighted by atomic mass is 10.0. The Labute approximate surface area is 72.0 Å². The Morgan fingerprint density at radius 2 is 2.42 bits per heavy atom. The zero-order valence-corrected chi connectivity index (χ0v) is 7.44. The normalized spacial score (nSPS) is 16.0. The van der Waals surface area contributed by atoms with E-state index < -0.39 is 6.10 Å². The van der Waals surface area contributed by atoms with Crippen molar-refractivity contribution in [3.05, 3.63) is 18.0 Å². The second-order valence-electron chi connectivity index (χ2n) is 2.97. The van der Waals surface area contributed by atoms with Gasteiger partial charge in [-0.25, -0.2) is 0 Å². The van der Waals surface area contributed by atoms with E-state index in [2.05, 4.69) is 5.10 Å². The maximum Gasteiger partial charge on any atom is 0.0743 e. The monoisotopic (exact) mass is 169 g/mol. The van der Waals surface area contributed by atoms with Gasteiger partial charge in [0.05, 0.1) is 6.10 Å². The first-order valence-electron chi connectivity index (χ1n) is 4.03. The van der Waals surface area contributed by atoms with E-state index in [0.717, 1.165) is 5.69 Å². The molecule has 0 amide bonds. The number of hydrogen-bond acceptors (Lipinski definition) is 3. The van der Waals surface area contributed by atoms with E-state index in [0.29, 0.717) is 0 Å². The summed E-state index contributed by atoms with van der Waals surface area (Å²) in [5, 5.41) is 13.5. The fourth-order valence-corrected chi connectivity index (χ4v) is 1.23. The van der Waals surface area contributed by atoms with Crippen LogP contribution in [0.3, 0.4) is 0 Å². The molecule has 0 radical (unpaired) electrons. The molecular weight excluding hydrogens is 154 g/mol. The third kappa shape index (κ3) is 1.65. The van der Waals surface area contributed by atoms with Crippen molar-refractivity contribution in [1.82, 2.24) is 9.78 Å². The van der Waals surface area contributed by atoms with Gasteiger partial charge < -0.3 is 10.8 Å². The van der Waals surface area contributed by atoms with E-state index >= 15 is 0 Å². The number of aromatic nitrogens is 2. The lowest BCUT2D eigenvalue weighted by Crippen LogP contribution is -2.26. The summed E-state index contributed by atoms with van der Waals surface area (Å²) in [7, 11) is 1.86. The fourth-order valence-electron chi connectivity index (χ4n) is 1.23. The molecule has 1 aromatic heterocycles. The van der Waals surface area contributed by atoms with Crippen molar-refractivity contribution in [1.29, 1.82) is 0 Å². The lowest BCUT2D eigenvalue weighted by Gasteiger charge is -2.16. The first kappa shape index (κ1) is 9.22. The van der Waals surface area contributed by atoms with Crippen molar-refractivity contribution < 1.29 is 5.11 Å². The molecule has 0 aliphatic carbocycles. The summed E-state index contributed by atoms with van der Waals surface area (Å²) in [6, 6.07) is 1.89. The summed E-state index contributed by atoms with van der Waals surface area (Å²) >= 11 is 0. The minimum atomic E-state index is -0.486. The van der Waals surface area contributed by atoms with Crippen molar-refractivity contribution >= 4 is 0 Å². The number of aliphatic hydroxyl groups excluding tert-OH is 1. The van der Waals surface area contributed by atoms with Crippen LogP contribution in [-0.2, 0) is 7.05 Å². The second-order valence-corrected chi connectivity index (χ2v) is 2.97. The largest absolute Gasteiger partial charge is 0.391 e. The number of rotatable bonds is 3. The Balaban J connectivity index is 2.77. The highest BCUT2D eigenvalue weighted by atomic mass is 16.3. The highest BCUT2D eigenvalue weighted by molar-refractivity contribution is 5.08. The Hall–Kier alpha value is -0.870. The van der Waals surface area contributed by atoms with Crippen LogP contribution in [0.4, 0.5) is 0 Å². The standard InChI is InChI=1S/C8H15N3O/c1-6(8(12)5-9)7-3-4-10-11(7)2/h3-4,6,8,12H,5,9H2,1-2H3. The SMILES string of the molecule is CC(c1ccnn1C)C(O)CN. The molecule has 0 saturated carbocycles. The predicted octanol–water partition coefficient (Wildman–Crippen LogP) is -0.157. The van der Waals surface area contributed by atoms with E-state index in [1.165, 1.54) is 0 Å². The molecule has 0 bridgehead atoms. The van der Waals surface area contributed by atoms with Crippen LogP contribution in [0.15, 0.2) is 12.3 Å². The number of nitrogens with two attached hydrogens (primary N) is 1. The summed E-state index contributed by atoms with van der Waals surface area (Å²) in [4.78, 5) is 0. The van der Waals surface area contributed by atoms with Gasteiger partial charge in [-0.3, -0.25) is 4.68 Å². The van der Waals surface area contributed by atoms with Gasteiger partial charge in [0.2, 0.25) is 0 Å². The number of aliphatic hydroxyl groups is 1. The van der Waals surface area contributed by atoms with Crippen LogP contribution >= 0.6 is 0 Å². The van der Waals surface area contributed by atoms with Gasteiger partial charge in [0.15, 0.2) is 0 Å². The minimum Gasteiger partial charge on any atom is -0.391 e. The molecule has 0 saturated heterocycles. The topological polar surface area (TPSA) is 64.1 Å². The third-order valence-electron chi connectivity index (χ3n) is 2.14. The van der Waals surface area contributed by atoms with Gasteiger partial charge in [-0.15, -0.1) is 0 Å². The number of nitrogens with zero attached hydrogens (tertiary/aromatic N) is 2. The Morgan fingerprint density at radius 3 is 2.83 bits per heavy atom. The smallest absolute Gasteiger partial charge is 0.0743 e. The molecule has 0 aliphatic heterocycles. The van der Waals surface area contributed by atoms with Crippen molar-refractivity contribution in [2.45, 2.75) is 18.9 Å². The van der Waals surface area contributed by atoms with Gasteiger partial charge in [-0.05, 0) is 6.07 Å². The Kier molecular flexibility index (Phi) is 2.83. The van der Waals surface area contributed by atoms with Gasteiger partial charge in [0, 0.05) is 31.4 Å². The minimum absolute atomic E-state index is 0.0440. The summed E-state index contributed by atoms with van der Waals surface area (Å²) in [6.07, 6.45) is 1.23. The van der Waals surface area contributed by atoms with Gasteiger partial charge in [-0.2, -0.15) is 5.10 Å². The highest BCUT2D eigenvalue weighted by Gasteiger charge is 2.16. The zero-order valence-electron chi connectivity index (χ0n) is 7.44. The number of hydrogen-bond donors (Lipinski definition) is 2. The molecule has 0 aliphatic rings. The molecule has 68 valence electrons. The van der Waals surface area contributed by atoms with Gasteiger partial charge in [0.1, 0.15) is 0 Å². The molecule has 1 aromatic rings. The molecule has 1 rings (SSSR count). The van der Waals surface area contributed by atoms with Crippen molar-refractivity contribution in [2.75, 3.05) is 6.54 Å². The van der Waals surface area contributed by atoms with E-state index in [-0.39, 0.29) is 12.5 Å². The molecule has 4 nitrogen and oxygen atoms in total. The molecule has 1 heterocycles. The van der Waals surface area contributed by atoms with Crippen LogP contribution in [0.1, 0.15) is 18.5 Å². The first-order valence-corrected chi connectivity index (χ1v) is 4.03. The molecule has 12 heavy (non-hydrogen) atoms. The third-order valence-corrected chi connectivity index (χ3v) is 2.14. The Morgan fingerprint density at radius 1 is 1.75 bits per heavy atom. The summed E-state index contributed by atoms with van der Waals surface area (Å²) in [6.45, 7) is 2.22. The average molecular weight is 169 g/mol. The Bertz CT molecular complexity index is 246. The molecular formula is C8H15N3O. The summed E-state index contributed by atoms with van der Waals surface area (Å²) in [5.74, 6) is 0.0440. The van der Waals surface area contributed by atoms with Crippen LogP contribution in [0.5, 0.6) is 0 Å². The lowest BCUT2D eigenvalue weighted by molar-refractivity contribution is 0.154. The second kappa shape index (κ2) is 3.69. The van der Waals surface area contributed by atoms with Crippen LogP contribution in [0.25, 0.3) is 0 Å². The van der Waals surface area contributed by atoms with E-state index in [9.17, 15) is 5.11 Å². The van der Waals surface area contributed by atoms with Crippen molar-refractivity contribution in [3.63, 3.8) is 0 Å². The predicted molar refractivity (Wildman–Crippen MR) is 46.7 cm³/mol. The van der Waals surface area contributed by atoms with Crippen LogP contribution in [-0.4, -0.2) is 27.5 Å². The van der Waals surface area contributed by atoms with Crippen molar-refractivity contribution in [2.24, 2.45) is 12.8 Å². The quantitative estimate of drug-likeness (QED) is 0.661. The molecule has 4 heteroatoms. The maximum absolute atomic E-state index is 9.46. The van der Waals surface area contributed by atoms with E-state index in [1.807, 2.05) is 20.0 Å². The highest BCUT2D eigenvalue weighted by Crippen LogP contribution is 2.16. The summed E-state index contributed by atoms with van der Waals surface area (Å²) in [5.41, 5.74) is 6.36. The molecule has 2 unspecified atom stereocenters. The van der Waals surface area contributed by atoms with E-state index in [1.54, 1.807) is 10.9 Å². The molecule has 0 fully saturated rings. The van der Waals surface area contributed by atoms with Crippen molar-refractivity contribution in [3.8, 4) is 0 Å². The maximum atomic E-state index is 9.46. The summed E-state index contributed by atoms with van der Waals surface area (Å²) < 4.78 is 1.75. The molecule has 2 atom stereocenters.